The van der Waals surface area contributed by atoms with Crippen LogP contribution in [0.3, 0.4) is 0 Å². The quantitative estimate of drug-likeness (QED) is 0.0309. The van der Waals surface area contributed by atoms with E-state index in [9.17, 15) is 25.2 Å². The zero-order valence-electron chi connectivity index (χ0n) is 41.8. The number of unbranched alkanes of at least 4 members (excludes halogenated alkanes) is 33. The summed E-state index contributed by atoms with van der Waals surface area (Å²) in [5, 5.41) is 43.9. The molecule has 370 valence electrons. The van der Waals surface area contributed by atoms with Crippen molar-refractivity contribution in [3.63, 3.8) is 0 Å². The van der Waals surface area contributed by atoms with Gasteiger partial charge in [0, 0.05) is 0 Å². The number of carbonyl (C=O) groups is 1. The van der Waals surface area contributed by atoms with E-state index in [2.05, 4.69) is 67.8 Å². The highest BCUT2D eigenvalue weighted by molar-refractivity contribution is 5.80. The second-order valence-corrected chi connectivity index (χ2v) is 18.9. The summed E-state index contributed by atoms with van der Waals surface area (Å²) in [6.07, 6.45) is 64.6. The van der Waals surface area contributed by atoms with Crippen molar-refractivity contribution < 1.29 is 25.2 Å². The molecule has 5 N–H and O–H groups in total. The van der Waals surface area contributed by atoms with Crippen molar-refractivity contribution in [3.8, 4) is 0 Å². The first-order chi connectivity index (χ1) is 31.0. The average molecular weight is 886 g/mol. The summed E-state index contributed by atoms with van der Waals surface area (Å²) in [6, 6.07) is -1.02. The van der Waals surface area contributed by atoms with Gasteiger partial charge in [0.25, 0.3) is 0 Å². The Balaban J connectivity index is 3.74. The highest BCUT2D eigenvalue weighted by Gasteiger charge is 2.28. The van der Waals surface area contributed by atoms with Gasteiger partial charge in [-0.2, -0.15) is 0 Å². The molecule has 0 aliphatic rings. The van der Waals surface area contributed by atoms with Crippen LogP contribution in [0.4, 0.5) is 0 Å². The second kappa shape index (κ2) is 51.3. The van der Waals surface area contributed by atoms with Crippen LogP contribution in [0.2, 0.25) is 0 Å². The molecule has 0 radical (unpaired) electrons. The highest BCUT2D eigenvalue weighted by atomic mass is 16.3. The van der Waals surface area contributed by atoms with Crippen LogP contribution >= 0.6 is 0 Å². The van der Waals surface area contributed by atoms with Crippen LogP contribution in [0.1, 0.15) is 277 Å². The molecule has 4 unspecified atom stereocenters. The van der Waals surface area contributed by atoms with E-state index in [1.54, 1.807) is 0 Å². The van der Waals surface area contributed by atoms with Crippen LogP contribution in [0.15, 0.2) is 48.6 Å². The van der Waals surface area contributed by atoms with Crippen molar-refractivity contribution in [2.45, 2.75) is 301 Å². The van der Waals surface area contributed by atoms with Gasteiger partial charge >= 0.3 is 0 Å². The Kier molecular flexibility index (Phi) is 49.8. The number of aliphatic hydroxyl groups excluding tert-OH is 4. The molecule has 1 amide bonds. The fourth-order valence-electron chi connectivity index (χ4n) is 8.37. The van der Waals surface area contributed by atoms with Crippen LogP contribution in [-0.2, 0) is 4.79 Å². The van der Waals surface area contributed by atoms with Crippen LogP contribution in [0.25, 0.3) is 0 Å². The van der Waals surface area contributed by atoms with Gasteiger partial charge in [-0.15, -0.1) is 0 Å². The molecule has 4 atom stereocenters. The molecule has 0 fully saturated rings. The maximum absolute atomic E-state index is 12.6. The number of carbonyl (C=O) groups excluding carboxylic acids is 1. The smallest absolute Gasteiger partial charge is 0.249 e. The maximum Gasteiger partial charge on any atom is 0.249 e. The van der Waals surface area contributed by atoms with Gasteiger partial charge in [0.05, 0.1) is 18.8 Å². The third kappa shape index (κ3) is 45.2. The van der Waals surface area contributed by atoms with Gasteiger partial charge in [0.15, 0.2) is 0 Å². The Morgan fingerprint density at radius 1 is 0.381 bits per heavy atom. The van der Waals surface area contributed by atoms with E-state index in [1.807, 2.05) is 0 Å². The molecule has 0 aromatic heterocycles. The summed E-state index contributed by atoms with van der Waals surface area (Å²) in [4.78, 5) is 12.6. The third-order valence-electron chi connectivity index (χ3n) is 12.7. The minimum absolute atomic E-state index is 0.353. The molecule has 0 aliphatic heterocycles. The fourth-order valence-corrected chi connectivity index (χ4v) is 8.37. The van der Waals surface area contributed by atoms with Crippen molar-refractivity contribution in [2.24, 2.45) is 0 Å². The monoisotopic (exact) mass is 886 g/mol. The normalized spacial score (nSPS) is 14.2. The summed E-state index contributed by atoms with van der Waals surface area (Å²) in [6.45, 7) is 4.06. The van der Waals surface area contributed by atoms with Crippen LogP contribution < -0.4 is 5.32 Å². The number of allylic oxidation sites excluding steroid dienone is 8. The Labute approximate surface area is 391 Å². The lowest BCUT2D eigenvalue weighted by Gasteiger charge is -2.27. The molecule has 0 rings (SSSR count). The molecule has 0 heterocycles. The van der Waals surface area contributed by atoms with E-state index < -0.39 is 36.9 Å². The number of hydrogen-bond donors (Lipinski definition) is 5. The highest BCUT2D eigenvalue weighted by Crippen LogP contribution is 2.16. The first-order valence-corrected chi connectivity index (χ1v) is 27.5. The Morgan fingerprint density at radius 3 is 1.00 bits per heavy atom. The molecule has 0 saturated carbocycles. The van der Waals surface area contributed by atoms with Gasteiger partial charge in [-0.1, -0.05) is 236 Å². The molecule has 0 spiro atoms. The lowest BCUT2D eigenvalue weighted by atomic mass is 10.00. The predicted octanol–water partition coefficient (Wildman–Crippen LogP) is 15.8. The summed E-state index contributed by atoms with van der Waals surface area (Å²) in [7, 11) is 0. The standard InChI is InChI=1S/C57H107NO5/c1-3-5-7-9-11-13-15-17-19-21-23-25-27-29-30-32-34-36-38-40-42-44-46-48-50-54(60)56(62)53(52-59)58-57(63)55(61)51-49-47-45-43-41-39-37-35-33-31-28-26-24-22-20-18-16-14-12-10-8-6-4-2/h27,29,31,33-34,36,42,44,53-56,59-62H,3-26,28,30,32,35,37-41,43,45-52H2,1-2H3,(H,58,63)/b29-27+,33-31-,36-34+,44-42+. The molecule has 0 bridgehead atoms. The molecule has 6 nitrogen and oxygen atoms in total. The van der Waals surface area contributed by atoms with Crippen molar-refractivity contribution >= 4 is 5.91 Å². The van der Waals surface area contributed by atoms with Gasteiger partial charge in [-0.05, 0) is 89.9 Å². The molecular formula is C57H107NO5. The first-order valence-electron chi connectivity index (χ1n) is 27.5. The largest absolute Gasteiger partial charge is 0.394 e. The lowest BCUT2D eigenvalue weighted by Crippen LogP contribution is -2.53. The third-order valence-corrected chi connectivity index (χ3v) is 12.7. The van der Waals surface area contributed by atoms with Gasteiger partial charge in [0.2, 0.25) is 5.91 Å². The molecule has 0 aliphatic carbocycles. The van der Waals surface area contributed by atoms with E-state index in [0.29, 0.717) is 19.3 Å². The molecule has 0 saturated heterocycles. The summed E-state index contributed by atoms with van der Waals surface area (Å²) in [5.74, 6) is -0.601. The summed E-state index contributed by atoms with van der Waals surface area (Å²) >= 11 is 0. The first kappa shape index (κ1) is 61.3. The topological polar surface area (TPSA) is 110 Å². The molecule has 63 heavy (non-hydrogen) atoms. The van der Waals surface area contributed by atoms with Gasteiger partial charge < -0.3 is 25.7 Å². The Morgan fingerprint density at radius 2 is 0.667 bits per heavy atom. The van der Waals surface area contributed by atoms with E-state index >= 15 is 0 Å². The van der Waals surface area contributed by atoms with Crippen molar-refractivity contribution in [2.75, 3.05) is 6.61 Å². The van der Waals surface area contributed by atoms with Crippen molar-refractivity contribution in [1.82, 2.24) is 5.32 Å². The Hall–Kier alpha value is -1.73. The van der Waals surface area contributed by atoms with Crippen molar-refractivity contribution in [3.05, 3.63) is 48.6 Å². The van der Waals surface area contributed by atoms with Crippen LogP contribution in [0.5, 0.6) is 0 Å². The average Bonchev–Trinajstić information content (AvgIpc) is 3.29. The van der Waals surface area contributed by atoms with E-state index in [-0.39, 0.29) is 0 Å². The zero-order chi connectivity index (χ0) is 45.9. The van der Waals surface area contributed by atoms with E-state index in [4.69, 9.17) is 0 Å². The van der Waals surface area contributed by atoms with Crippen LogP contribution in [-0.4, -0.2) is 57.3 Å². The maximum atomic E-state index is 12.6. The molecule has 6 heteroatoms. The summed E-state index contributed by atoms with van der Waals surface area (Å²) in [5.41, 5.74) is 0. The number of rotatable bonds is 50. The summed E-state index contributed by atoms with van der Waals surface area (Å²) < 4.78 is 0. The number of nitrogens with one attached hydrogen (secondary N) is 1. The van der Waals surface area contributed by atoms with Gasteiger partial charge in [-0.3, -0.25) is 4.79 Å². The van der Waals surface area contributed by atoms with Crippen molar-refractivity contribution in [1.29, 1.82) is 0 Å². The number of aliphatic hydroxyl groups is 4. The Bertz CT molecular complexity index is 1040. The molecule has 0 aromatic rings. The lowest BCUT2D eigenvalue weighted by molar-refractivity contribution is -0.132. The van der Waals surface area contributed by atoms with Gasteiger partial charge in [0.1, 0.15) is 12.2 Å². The zero-order valence-corrected chi connectivity index (χ0v) is 41.8. The minimum atomic E-state index is -1.30. The fraction of sp³-hybridized carbons (Fsp3) is 0.842. The minimum Gasteiger partial charge on any atom is -0.394 e. The van der Waals surface area contributed by atoms with Crippen LogP contribution in [0, 0.1) is 0 Å². The predicted molar refractivity (Wildman–Crippen MR) is 274 cm³/mol. The molecule has 0 aromatic carbocycles. The number of hydrogen-bond acceptors (Lipinski definition) is 5. The molecular weight excluding hydrogens is 779 g/mol. The van der Waals surface area contributed by atoms with Gasteiger partial charge in [-0.25, -0.2) is 0 Å². The van der Waals surface area contributed by atoms with E-state index in [0.717, 1.165) is 51.4 Å². The number of amides is 1. The van der Waals surface area contributed by atoms with E-state index in [1.165, 1.54) is 193 Å². The second-order valence-electron chi connectivity index (χ2n) is 18.9. The SMILES string of the molecule is CCCCCCCCCCCCC/C=C/CC/C=C/CC/C=C/CCCC(O)C(O)C(CO)NC(=O)C(O)CCCCCCCCC/C=C\CCCCCCCCCCCCCC.